The van der Waals surface area contributed by atoms with E-state index in [9.17, 15) is 0 Å². The molecule has 3 aromatic heterocycles. The summed E-state index contributed by atoms with van der Waals surface area (Å²) >= 11 is 6.07. The predicted molar refractivity (Wildman–Crippen MR) is 75.2 cm³/mol. The number of hydrogen-bond donors (Lipinski definition) is 0. The van der Waals surface area contributed by atoms with E-state index in [1.54, 1.807) is 27.9 Å². The third-order valence-corrected chi connectivity index (χ3v) is 3.50. The third-order valence-electron chi connectivity index (χ3n) is 3.26. The highest BCUT2D eigenvalue weighted by Gasteiger charge is 2.12. The first-order valence-corrected chi connectivity index (χ1v) is 6.40. The third kappa shape index (κ3) is 1.51. The van der Waals surface area contributed by atoms with Gasteiger partial charge >= 0.3 is 0 Å². The van der Waals surface area contributed by atoms with Gasteiger partial charge in [0.05, 0.1) is 17.3 Å². The van der Waals surface area contributed by atoms with E-state index in [2.05, 4.69) is 20.3 Å². The van der Waals surface area contributed by atoms with Gasteiger partial charge in [0.25, 0.3) is 0 Å². The van der Waals surface area contributed by atoms with Gasteiger partial charge in [-0.1, -0.05) is 17.7 Å². The highest BCUT2D eigenvalue weighted by molar-refractivity contribution is 6.30. The van der Waals surface area contributed by atoms with E-state index in [-0.39, 0.29) is 0 Å². The van der Waals surface area contributed by atoms with Crippen LogP contribution >= 0.6 is 11.6 Å². The van der Waals surface area contributed by atoms with Gasteiger partial charge in [0.2, 0.25) is 0 Å². The monoisotopic (exact) mass is 284 g/mol. The van der Waals surface area contributed by atoms with Gasteiger partial charge in [-0.25, -0.2) is 9.67 Å². The van der Waals surface area contributed by atoms with E-state index in [1.165, 1.54) is 0 Å². The summed E-state index contributed by atoms with van der Waals surface area (Å²) in [6, 6.07) is 5.69. The van der Waals surface area contributed by atoms with Gasteiger partial charge in [0, 0.05) is 5.02 Å². The van der Waals surface area contributed by atoms with Gasteiger partial charge in [-0.15, -0.1) is 10.2 Å². The average Bonchev–Trinajstić information content (AvgIpc) is 3.06. The predicted octanol–water partition coefficient (Wildman–Crippen LogP) is 2.43. The molecular weight excluding hydrogens is 276 g/mol. The second-order valence-corrected chi connectivity index (χ2v) is 4.97. The Labute approximate surface area is 118 Å². The maximum atomic E-state index is 6.07. The molecule has 0 saturated heterocycles. The summed E-state index contributed by atoms with van der Waals surface area (Å²) in [7, 11) is 0. The van der Waals surface area contributed by atoms with Crippen LogP contribution in [0.5, 0.6) is 0 Å². The van der Waals surface area contributed by atoms with Crippen molar-refractivity contribution in [1.82, 2.24) is 29.4 Å². The fourth-order valence-electron chi connectivity index (χ4n) is 2.25. The van der Waals surface area contributed by atoms with Crippen molar-refractivity contribution in [3.05, 3.63) is 47.6 Å². The molecule has 4 rings (SSSR count). The molecule has 0 N–H and O–H groups in total. The molecule has 98 valence electrons. The fourth-order valence-corrected chi connectivity index (χ4v) is 2.41. The molecule has 0 radical (unpaired) electrons. The fraction of sp³-hybridized carbons (Fsp3) is 0.0769. The molecule has 0 atom stereocenters. The number of benzene rings is 1. The second kappa shape index (κ2) is 4.01. The quantitative estimate of drug-likeness (QED) is 0.538. The topological polar surface area (TPSA) is 60.9 Å². The van der Waals surface area contributed by atoms with Crippen molar-refractivity contribution >= 4 is 28.3 Å². The van der Waals surface area contributed by atoms with E-state index < -0.39 is 0 Å². The smallest absolute Gasteiger partial charge is 0.174 e. The highest BCUT2D eigenvalue weighted by atomic mass is 35.5. The van der Waals surface area contributed by atoms with Crippen LogP contribution in [0.2, 0.25) is 5.02 Å². The van der Waals surface area contributed by atoms with Crippen LogP contribution in [0.15, 0.2) is 37.1 Å². The number of aryl methyl sites for hydroxylation is 1. The van der Waals surface area contributed by atoms with Gasteiger partial charge in [-0.3, -0.25) is 4.40 Å². The molecule has 0 aliphatic rings. The maximum absolute atomic E-state index is 6.07. The van der Waals surface area contributed by atoms with Crippen LogP contribution in [-0.2, 0) is 0 Å². The molecule has 0 amide bonds. The van der Waals surface area contributed by atoms with Crippen molar-refractivity contribution in [2.24, 2.45) is 0 Å². The zero-order chi connectivity index (χ0) is 13.7. The van der Waals surface area contributed by atoms with Gasteiger partial charge in [-0.2, -0.15) is 5.10 Å². The maximum Gasteiger partial charge on any atom is 0.174 e. The Hall–Kier alpha value is -2.47. The van der Waals surface area contributed by atoms with Gasteiger partial charge in [0.15, 0.2) is 11.3 Å². The second-order valence-electron chi connectivity index (χ2n) is 4.53. The summed E-state index contributed by atoms with van der Waals surface area (Å²) in [4.78, 5) is 4.43. The van der Waals surface area contributed by atoms with Crippen LogP contribution in [0.4, 0.5) is 0 Å². The Morgan fingerprint density at radius 3 is 2.95 bits per heavy atom. The number of hydrogen-bond acceptors (Lipinski definition) is 4. The van der Waals surface area contributed by atoms with Crippen molar-refractivity contribution < 1.29 is 0 Å². The molecule has 0 spiro atoms. The minimum atomic E-state index is 0.665. The molecule has 0 unspecified atom stereocenters. The lowest BCUT2D eigenvalue weighted by atomic mass is 10.2. The van der Waals surface area contributed by atoms with Gasteiger partial charge in [0.1, 0.15) is 12.7 Å². The minimum Gasteiger partial charge on any atom is -0.271 e. The van der Waals surface area contributed by atoms with Crippen LogP contribution in [0.25, 0.3) is 22.4 Å². The number of rotatable bonds is 1. The lowest BCUT2D eigenvalue weighted by molar-refractivity contribution is 0.885. The molecule has 0 fully saturated rings. The van der Waals surface area contributed by atoms with Crippen LogP contribution in [-0.4, -0.2) is 29.4 Å². The van der Waals surface area contributed by atoms with Crippen LogP contribution in [0.3, 0.4) is 0 Å². The zero-order valence-electron chi connectivity index (χ0n) is 10.5. The van der Waals surface area contributed by atoms with Crippen molar-refractivity contribution in [3.8, 4) is 5.69 Å². The Morgan fingerprint density at radius 1 is 1.15 bits per heavy atom. The molecule has 6 nitrogen and oxygen atoms in total. The largest absolute Gasteiger partial charge is 0.271 e. The van der Waals surface area contributed by atoms with E-state index in [0.29, 0.717) is 5.02 Å². The minimum absolute atomic E-state index is 0.665. The molecule has 4 aromatic rings. The first kappa shape index (κ1) is 11.4. The summed E-state index contributed by atoms with van der Waals surface area (Å²) in [5.74, 6) is 0. The summed E-state index contributed by atoms with van der Waals surface area (Å²) in [5.41, 5.74) is 3.45. The molecular formula is C13H9ClN6. The lowest BCUT2D eigenvalue weighted by Crippen LogP contribution is -2.00. The van der Waals surface area contributed by atoms with Gasteiger partial charge < -0.3 is 0 Å². The van der Waals surface area contributed by atoms with Gasteiger partial charge in [-0.05, 0) is 24.6 Å². The summed E-state index contributed by atoms with van der Waals surface area (Å²) in [6.07, 6.45) is 5.03. The Bertz CT molecular complexity index is 938. The Morgan fingerprint density at radius 2 is 2.05 bits per heavy atom. The van der Waals surface area contributed by atoms with E-state index in [0.717, 1.165) is 27.9 Å². The SMILES string of the molecule is Cc1ccc(Cl)cc1-n1ncc2c1ncn1cnnc21. The molecule has 0 aliphatic heterocycles. The van der Waals surface area contributed by atoms with Crippen molar-refractivity contribution in [3.63, 3.8) is 0 Å². The number of nitrogens with zero attached hydrogens (tertiary/aromatic N) is 6. The molecule has 20 heavy (non-hydrogen) atoms. The summed E-state index contributed by atoms with van der Waals surface area (Å²) in [6.45, 7) is 2.01. The molecule has 0 aliphatic carbocycles. The van der Waals surface area contributed by atoms with Crippen LogP contribution < -0.4 is 0 Å². The van der Waals surface area contributed by atoms with E-state index >= 15 is 0 Å². The van der Waals surface area contributed by atoms with Crippen LogP contribution in [0.1, 0.15) is 5.56 Å². The first-order chi connectivity index (χ1) is 9.74. The Balaban J connectivity index is 2.07. The zero-order valence-corrected chi connectivity index (χ0v) is 11.3. The van der Waals surface area contributed by atoms with Crippen LogP contribution in [0, 0.1) is 6.92 Å². The van der Waals surface area contributed by atoms with Crippen molar-refractivity contribution in [2.75, 3.05) is 0 Å². The molecule has 3 heterocycles. The lowest BCUT2D eigenvalue weighted by Gasteiger charge is -2.07. The summed E-state index contributed by atoms with van der Waals surface area (Å²) < 4.78 is 3.53. The highest BCUT2D eigenvalue weighted by Crippen LogP contribution is 2.23. The number of halogens is 1. The molecule has 0 bridgehead atoms. The van der Waals surface area contributed by atoms with Crippen molar-refractivity contribution in [1.29, 1.82) is 0 Å². The average molecular weight is 285 g/mol. The molecule has 7 heteroatoms. The van der Waals surface area contributed by atoms with Crippen molar-refractivity contribution in [2.45, 2.75) is 6.92 Å². The molecule has 1 aromatic carbocycles. The first-order valence-electron chi connectivity index (χ1n) is 6.02. The number of aromatic nitrogens is 6. The normalized spacial score (nSPS) is 11.5. The standard InChI is InChI=1S/C13H9ClN6/c1-8-2-3-9(14)4-11(8)20-12-10(5-17-20)13-18-16-7-19(13)6-15-12/h2-7H,1H3. The summed E-state index contributed by atoms with van der Waals surface area (Å²) in [5, 5.41) is 13.9. The number of fused-ring (bicyclic) bond motifs is 3. The van der Waals surface area contributed by atoms with E-state index in [1.807, 2.05) is 25.1 Å². The molecule has 0 saturated carbocycles. The Kier molecular flexibility index (Phi) is 2.28. The van der Waals surface area contributed by atoms with E-state index in [4.69, 9.17) is 11.6 Å².